The first-order chi connectivity index (χ1) is 9.87. The Morgan fingerprint density at radius 2 is 2.24 bits per heavy atom. The second-order valence-electron chi connectivity index (χ2n) is 5.73. The molecule has 1 aliphatic heterocycles. The molecule has 7 heteroatoms. The van der Waals surface area contributed by atoms with Crippen molar-refractivity contribution in [3.63, 3.8) is 0 Å². The lowest BCUT2D eigenvalue weighted by molar-refractivity contribution is -0.0640. The first kappa shape index (κ1) is 16.2. The van der Waals surface area contributed by atoms with Gasteiger partial charge in [0, 0.05) is 25.8 Å². The quantitative estimate of drug-likeness (QED) is 0.896. The summed E-state index contributed by atoms with van der Waals surface area (Å²) in [5, 5.41) is 3.22. The number of morpholine rings is 1. The van der Waals surface area contributed by atoms with Gasteiger partial charge in [-0.1, -0.05) is 6.92 Å². The van der Waals surface area contributed by atoms with E-state index in [1.165, 1.54) is 10.5 Å². The Morgan fingerprint density at radius 1 is 1.48 bits per heavy atom. The molecule has 0 radical (unpaired) electrons. The van der Waals surface area contributed by atoms with Gasteiger partial charge in [0.1, 0.15) is 0 Å². The maximum atomic E-state index is 12.8. The van der Waals surface area contributed by atoms with E-state index < -0.39 is 15.6 Å². The monoisotopic (exact) mass is 313 g/mol. The van der Waals surface area contributed by atoms with Gasteiger partial charge >= 0.3 is 0 Å². The Bertz CT molecular complexity index is 587. The third kappa shape index (κ3) is 3.72. The lowest BCUT2D eigenvalue weighted by Crippen LogP contribution is -2.50. The Morgan fingerprint density at radius 3 is 2.90 bits per heavy atom. The van der Waals surface area contributed by atoms with Gasteiger partial charge in [-0.15, -0.1) is 0 Å². The van der Waals surface area contributed by atoms with Crippen molar-refractivity contribution in [2.24, 2.45) is 0 Å². The van der Waals surface area contributed by atoms with E-state index in [0.717, 1.165) is 6.42 Å². The van der Waals surface area contributed by atoms with Crippen LogP contribution in [0.15, 0.2) is 23.4 Å². The van der Waals surface area contributed by atoms with Gasteiger partial charge in [-0.25, -0.2) is 13.4 Å². The molecule has 0 bridgehead atoms. The minimum atomic E-state index is -3.61. The molecule has 0 aliphatic carbocycles. The van der Waals surface area contributed by atoms with Crippen LogP contribution in [0, 0.1) is 0 Å². The van der Waals surface area contributed by atoms with Crippen LogP contribution in [-0.4, -0.2) is 49.5 Å². The molecule has 2 rings (SSSR count). The number of rotatable bonds is 5. The number of hydrogen-bond acceptors (Lipinski definition) is 5. The molecule has 0 saturated carbocycles. The van der Waals surface area contributed by atoms with Crippen molar-refractivity contribution < 1.29 is 13.2 Å². The fourth-order valence-corrected chi connectivity index (χ4v) is 3.94. The normalized spacial score (nSPS) is 19.4. The smallest absolute Gasteiger partial charge is 0.262 e. The van der Waals surface area contributed by atoms with Gasteiger partial charge in [-0.05, 0) is 32.4 Å². The van der Waals surface area contributed by atoms with Crippen molar-refractivity contribution in [1.82, 2.24) is 9.29 Å². The lowest BCUT2D eigenvalue weighted by atomic mass is 10.1. The molecule has 1 saturated heterocycles. The van der Waals surface area contributed by atoms with Gasteiger partial charge < -0.3 is 10.1 Å². The second kappa shape index (κ2) is 6.29. The highest BCUT2D eigenvalue weighted by molar-refractivity contribution is 7.89. The van der Waals surface area contributed by atoms with E-state index in [-0.39, 0.29) is 5.03 Å². The van der Waals surface area contributed by atoms with Crippen molar-refractivity contribution >= 4 is 15.7 Å². The van der Waals surface area contributed by atoms with Crippen LogP contribution in [0.1, 0.15) is 27.2 Å². The molecule has 2 heterocycles. The Kier molecular flexibility index (Phi) is 4.85. The van der Waals surface area contributed by atoms with Crippen LogP contribution in [0.2, 0.25) is 0 Å². The zero-order chi connectivity index (χ0) is 15.5. The highest BCUT2D eigenvalue weighted by atomic mass is 32.2. The first-order valence-electron chi connectivity index (χ1n) is 7.20. The Balaban J connectivity index is 2.31. The number of aromatic nitrogens is 1. The molecule has 0 unspecified atom stereocenters. The van der Waals surface area contributed by atoms with Gasteiger partial charge in [0.15, 0.2) is 5.03 Å². The number of sulfonamides is 1. The molecule has 21 heavy (non-hydrogen) atoms. The number of nitrogens with one attached hydrogen (secondary N) is 1. The highest BCUT2D eigenvalue weighted by Gasteiger charge is 2.36. The van der Waals surface area contributed by atoms with Crippen LogP contribution in [-0.2, 0) is 14.8 Å². The van der Waals surface area contributed by atoms with E-state index in [2.05, 4.69) is 10.3 Å². The lowest BCUT2D eigenvalue weighted by Gasteiger charge is -2.37. The maximum absolute atomic E-state index is 12.8. The fourth-order valence-electron chi connectivity index (χ4n) is 2.29. The summed E-state index contributed by atoms with van der Waals surface area (Å²) in [6, 6.07) is 3.49. The molecular formula is C14H23N3O3S. The molecule has 118 valence electrons. The predicted molar refractivity (Wildman–Crippen MR) is 81.8 cm³/mol. The minimum Gasteiger partial charge on any atom is -0.383 e. The fraction of sp³-hybridized carbons (Fsp3) is 0.643. The largest absolute Gasteiger partial charge is 0.383 e. The third-order valence-corrected chi connectivity index (χ3v) is 5.12. The summed E-state index contributed by atoms with van der Waals surface area (Å²) in [5.74, 6) is 0. The average molecular weight is 313 g/mol. The first-order valence-corrected chi connectivity index (χ1v) is 8.64. The molecule has 0 spiro atoms. The van der Waals surface area contributed by atoms with Crippen LogP contribution in [0.5, 0.6) is 0 Å². The SMILES string of the molecule is CCCNc1cccnc1S(=O)(=O)N1CCOC(C)(C)C1. The summed E-state index contributed by atoms with van der Waals surface area (Å²) in [7, 11) is -3.61. The molecule has 6 nitrogen and oxygen atoms in total. The molecule has 1 aromatic rings. The summed E-state index contributed by atoms with van der Waals surface area (Å²) in [4.78, 5) is 4.09. The zero-order valence-corrected chi connectivity index (χ0v) is 13.6. The van der Waals surface area contributed by atoms with Crippen molar-refractivity contribution in [2.45, 2.75) is 37.8 Å². The van der Waals surface area contributed by atoms with Crippen LogP contribution in [0.4, 0.5) is 5.69 Å². The number of anilines is 1. The van der Waals surface area contributed by atoms with E-state index in [4.69, 9.17) is 4.74 Å². The van der Waals surface area contributed by atoms with E-state index >= 15 is 0 Å². The molecule has 1 N–H and O–H groups in total. The van der Waals surface area contributed by atoms with Crippen molar-refractivity contribution in [2.75, 3.05) is 31.6 Å². The molecular weight excluding hydrogens is 290 g/mol. The second-order valence-corrected chi connectivity index (χ2v) is 7.58. The zero-order valence-electron chi connectivity index (χ0n) is 12.8. The van der Waals surface area contributed by atoms with Crippen LogP contribution in [0.3, 0.4) is 0 Å². The summed E-state index contributed by atoms with van der Waals surface area (Å²) >= 11 is 0. The minimum absolute atomic E-state index is 0.0937. The summed E-state index contributed by atoms with van der Waals surface area (Å²) in [5.41, 5.74) is 0.0838. The van der Waals surface area contributed by atoms with Crippen LogP contribution >= 0.6 is 0 Å². The van der Waals surface area contributed by atoms with Crippen LogP contribution in [0.25, 0.3) is 0 Å². The van der Waals surface area contributed by atoms with Crippen LogP contribution < -0.4 is 5.32 Å². The molecule has 1 aromatic heterocycles. The molecule has 0 atom stereocenters. The summed E-state index contributed by atoms with van der Waals surface area (Å²) in [6.07, 6.45) is 2.43. The van der Waals surface area contributed by atoms with Crippen molar-refractivity contribution in [1.29, 1.82) is 0 Å². The maximum Gasteiger partial charge on any atom is 0.262 e. The van der Waals surface area contributed by atoms with Gasteiger partial charge in [0.25, 0.3) is 10.0 Å². The molecule has 0 aromatic carbocycles. The Labute approximate surface area is 126 Å². The molecule has 1 aliphatic rings. The van der Waals surface area contributed by atoms with E-state index in [0.29, 0.717) is 31.9 Å². The average Bonchev–Trinajstić information content (AvgIpc) is 2.44. The van der Waals surface area contributed by atoms with Gasteiger partial charge in [0.2, 0.25) is 0 Å². The van der Waals surface area contributed by atoms with E-state index in [1.807, 2.05) is 20.8 Å². The summed E-state index contributed by atoms with van der Waals surface area (Å²) < 4.78 is 32.7. The topological polar surface area (TPSA) is 71.5 Å². The Hall–Kier alpha value is -1.18. The van der Waals surface area contributed by atoms with Gasteiger partial charge in [-0.2, -0.15) is 4.31 Å². The van der Waals surface area contributed by atoms with E-state index in [1.54, 1.807) is 12.1 Å². The number of ether oxygens (including phenoxy) is 1. The highest BCUT2D eigenvalue weighted by Crippen LogP contribution is 2.26. The van der Waals surface area contributed by atoms with Crippen molar-refractivity contribution in [3.05, 3.63) is 18.3 Å². The van der Waals surface area contributed by atoms with Gasteiger partial charge in [0.05, 0.1) is 17.9 Å². The number of nitrogens with zero attached hydrogens (tertiary/aromatic N) is 2. The van der Waals surface area contributed by atoms with E-state index in [9.17, 15) is 8.42 Å². The predicted octanol–water partition coefficient (Wildman–Crippen LogP) is 1.70. The standard InChI is InChI=1S/C14H23N3O3S/c1-4-7-15-12-6-5-8-16-13(12)21(18,19)17-9-10-20-14(2,3)11-17/h5-6,8,15H,4,7,9-11H2,1-3H3. The van der Waals surface area contributed by atoms with Crippen molar-refractivity contribution in [3.8, 4) is 0 Å². The van der Waals surface area contributed by atoms with Gasteiger partial charge in [-0.3, -0.25) is 0 Å². The number of pyridine rings is 1. The molecule has 0 amide bonds. The summed E-state index contributed by atoms with van der Waals surface area (Å²) in [6.45, 7) is 7.61. The number of hydrogen-bond donors (Lipinski definition) is 1. The molecule has 1 fully saturated rings. The third-order valence-electron chi connectivity index (χ3n) is 3.31.